The number of fused-ring (bicyclic) bond motifs is 3. The third-order valence-electron chi connectivity index (χ3n) is 5.16. The Morgan fingerprint density at radius 2 is 1.46 bits per heavy atom. The van der Waals surface area contributed by atoms with E-state index in [0.717, 1.165) is 5.75 Å². The summed E-state index contributed by atoms with van der Waals surface area (Å²) in [5.41, 5.74) is 10.8. The summed E-state index contributed by atoms with van der Waals surface area (Å²) in [6.07, 6.45) is 0. The van der Waals surface area contributed by atoms with Gasteiger partial charge in [-0.1, -0.05) is 54.1 Å². The molecule has 0 heterocycles. The first kappa shape index (κ1) is 15.0. The van der Waals surface area contributed by atoms with Crippen LogP contribution >= 0.6 is 0 Å². The van der Waals surface area contributed by atoms with Crippen molar-refractivity contribution in [1.82, 2.24) is 0 Å². The molecule has 0 amide bonds. The highest BCUT2D eigenvalue weighted by Crippen LogP contribution is 2.52. The Morgan fingerprint density at radius 3 is 2.17 bits per heavy atom. The number of hydrogen-bond acceptors (Lipinski definition) is 1. The maximum Gasteiger partial charge on any atom is 0.127 e. The lowest BCUT2D eigenvalue weighted by molar-refractivity contribution is 0.416. The molecule has 1 atom stereocenters. The largest absolute Gasteiger partial charge is 0.496 e. The van der Waals surface area contributed by atoms with Gasteiger partial charge in [-0.2, -0.15) is 0 Å². The fourth-order valence-electron chi connectivity index (χ4n) is 4.35. The summed E-state index contributed by atoms with van der Waals surface area (Å²) in [6, 6.07) is 19.7. The molecule has 1 aliphatic carbocycles. The van der Waals surface area contributed by atoms with Gasteiger partial charge in [-0.25, -0.2) is 0 Å². The van der Waals surface area contributed by atoms with Gasteiger partial charge < -0.3 is 4.74 Å². The van der Waals surface area contributed by atoms with Crippen molar-refractivity contribution in [3.05, 3.63) is 88.0 Å². The average Bonchev–Trinajstić information content (AvgIpc) is 2.89. The van der Waals surface area contributed by atoms with Crippen molar-refractivity contribution in [3.63, 3.8) is 0 Å². The molecule has 3 aromatic rings. The van der Waals surface area contributed by atoms with Gasteiger partial charge in [-0.3, -0.25) is 0 Å². The molecule has 1 nitrogen and oxygen atoms in total. The van der Waals surface area contributed by atoms with Crippen molar-refractivity contribution < 1.29 is 4.74 Å². The van der Waals surface area contributed by atoms with E-state index in [4.69, 9.17) is 4.74 Å². The van der Waals surface area contributed by atoms with E-state index in [1.54, 1.807) is 7.11 Å². The summed E-state index contributed by atoms with van der Waals surface area (Å²) in [6.45, 7) is 6.63. The van der Waals surface area contributed by atoms with Gasteiger partial charge in [0.15, 0.2) is 0 Å². The Morgan fingerprint density at radius 1 is 0.792 bits per heavy atom. The van der Waals surface area contributed by atoms with Crippen molar-refractivity contribution in [2.75, 3.05) is 7.11 Å². The van der Waals surface area contributed by atoms with E-state index < -0.39 is 0 Å². The van der Waals surface area contributed by atoms with Crippen molar-refractivity contribution >= 4 is 0 Å². The van der Waals surface area contributed by atoms with Crippen molar-refractivity contribution in [1.29, 1.82) is 0 Å². The second-order valence-electron chi connectivity index (χ2n) is 6.76. The number of benzene rings is 3. The molecule has 0 radical (unpaired) electrons. The smallest absolute Gasteiger partial charge is 0.127 e. The van der Waals surface area contributed by atoms with E-state index in [1.165, 1.54) is 44.5 Å². The van der Waals surface area contributed by atoms with Crippen LogP contribution in [0.4, 0.5) is 0 Å². The van der Waals surface area contributed by atoms with Crippen LogP contribution in [0.1, 0.15) is 39.3 Å². The van der Waals surface area contributed by atoms with Crippen LogP contribution in [0.2, 0.25) is 0 Å². The maximum atomic E-state index is 5.68. The molecule has 4 rings (SSSR count). The second-order valence-corrected chi connectivity index (χ2v) is 6.76. The van der Waals surface area contributed by atoms with Gasteiger partial charge in [0.2, 0.25) is 0 Å². The zero-order valence-electron chi connectivity index (χ0n) is 14.7. The summed E-state index contributed by atoms with van der Waals surface area (Å²) in [5.74, 6) is 1.25. The van der Waals surface area contributed by atoms with Gasteiger partial charge >= 0.3 is 0 Å². The molecule has 3 aromatic carbocycles. The van der Waals surface area contributed by atoms with Gasteiger partial charge in [0.1, 0.15) is 5.75 Å². The zero-order chi connectivity index (χ0) is 16.8. The van der Waals surface area contributed by atoms with Crippen LogP contribution in [-0.2, 0) is 0 Å². The lowest BCUT2D eigenvalue weighted by Crippen LogP contribution is -2.05. The first-order valence-corrected chi connectivity index (χ1v) is 8.45. The molecular weight excluding hydrogens is 292 g/mol. The first-order valence-electron chi connectivity index (χ1n) is 8.45. The van der Waals surface area contributed by atoms with E-state index >= 15 is 0 Å². The molecule has 0 saturated heterocycles. The minimum atomic E-state index is 0.284. The zero-order valence-corrected chi connectivity index (χ0v) is 14.7. The van der Waals surface area contributed by atoms with Gasteiger partial charge in [-0.15, -0.1) is 0 Å². The van der Waals surface area contributed by atoms with E-state index in [2.05, 4.69) is 75.4 Å². The summed E-state index contributed by atoms with van der Waals surface area (Å²) in [4.78, 5) is 0. The number of hydrogen-bond donors (Lipinski definition) is 0. The Kier molecular flexibility index (Phi) is 3.45. The Bertz CT molecular complexity index is 914. The number of aryl methyl sites for hydroxylation is 3. The monoisotopic (exact) mass is 314 g/mol. The molecule has 0 fully saturated rings. The maximum absolute atomic E-state index is 5.68. The quantitative estimate of drug-likeness (QED) is 0.455. The Hall–Kier alpha value is -2.54. The Labute approximate surface area is 143 Å². The third-order valence-corrected chi connectivity index (χ3v) is 5.16. The van der Waals surface area contributed by atoms with Gasteiger partial charge in [0, 0.05) is 11.5 Å². The molecule has 0 spiro atoms. The lowest BCUT2D eigenvalue weighted by atomic mass is 9.83. The van der Waals surface area contributed by atoms with E-state index in [-0.39, 0.29) is 5.92 Å². The van der Waals surface area contributed by atoms with E-state index in [9.17, 15) is 0 Å². The minimum Gasteiger partial charge on any atom is -0.496 e. The van der Waals surface area contributed by atoms with Crippen LogP contribution in [0.25, 0.3) is 11.1 Å². The molecule has 1 aliphatic rings. The topological polar surface area (TPSA) is 9.23 Å². The molecule has 1 unspecified atom stereocenters. The summed E-state index contributed by atoms with van der Waals surface area (Å²) < 4.78 is 5.68. The molecule has 24 heavy (non-hydrogen) atoms. The van der Waals surface area contributed by atoms with Crippen LogP contribution in [0.5, 0.6) is 5.75 Å². The van der Waals surface area contributed by atoms with Crippen LogP contribution < -0.4 is 4.74 Å². The lowest BCUT2D eigenvalue weighted by Gasteiger charge is -2.20. The predicted octanol–water partition coefficient (Wildman–Crippen LogP) is 5.78. The van der Waals surface area contributed by atoms with E-state index in [1.807, 2.05) is 0 Å². The molecule has 0 saturated carbocycles. The molecule has 1 heteroatoms. The standard InChI is InChI=1S/C23H22O/c1-14-12-15(2)21(16(3)13-14)23-18-9-6-5-8-17(18)22-19(23)10-7-11-20(22)24-4/h5-13,23H,1-4H3. The highest BCUT2D eigenvalue weighted by Gasteiger charge is 2.33. The van der Waals surface area contributed by atoms with E-state index in [0.29, 0.717) is 0 Å². The van der Waals surface area contributed by atoms with Crippen molar-refractivity contribution in [3.8, 4) is 16.9 Å². The van der Waals surface area contributed by atoms with Crippen molar-refractivity contribution in [2.45, 2.75) is 26.7 Å². The molecule has 0 aliphatic heterocycles. The second kappa shape index (κ2) is 5.52. The van der Waals surface area contributed by atoms with Crippen LogP contribution in [0.3, 0.4) is 0 Å². The summed E-state index contributed by atoms with van der Waals surface area (Å²) >= 11 is 0. The molecule has 0 bridgehead atoms. The highest BCUT2D eigenvalue weighted by atomic mass is 16.5. The Balaban J connectivity index is 2.06. The number of methoxy groups -OCH3 is 1. The summed E-state index contributed by atoms with van der Waals surface area (Å²) in [5, 5.41) is 0. The van der Waals surface area contributed by atoms with Gasteiger partial charge in [0.25, 0.3) is 0 Å². The first-order chi connectivity index (χ1) is 11.6. The molecule has 0 N–H and O–H groups in total. The predicted molar refractivity (Wildman–Crippen MR) is 100 cm³/mol. The van der Waals surface area contributed by atoms with Crippen LogP contribution in [0.15, 0.2) is 54.6 Å². The molecule has 0 aromatic heterocycles. The number of rotatable bonds is 2. The fourth-order valence-corrected chi connectivity index (χ4v) is 4.35. The SMILES string of the molecule is COc1cccc2c1-c1ccccc1C2c1c(C)cc(C)cc1C. The third kappa shape index (κ3) is 2.08. The minimum absolute atomic E-state index is 0.284. The highest BCUT2D eigenvalue weighted by molar-refractivity contribution is 5.85. The summed E-state index contributed by atoms with van der Waals surface area (Å²) in [7, 11) is 1.76. The van der Waals surface area contributed by atoms with Crippen LogP contribution in [-0.4, -0.2) is 7.11 Å². The van der Waals surface area contributed by atoms with Gasteiger partial charge in [0.05, 0.1) is 7.11 Å². The average molecular weight is 314 g/mol. The van der Waals surface area contributed by atoms with Crippen molar-refractivity contribution in [2.24, 2.45) is 0 Å². The normalized spacial score (nSPS) is 15.1. The molecule has 120 valence electrons. The fraction of sp³-hybridized carbons (Fsp3) is 0.217. The van der Waals surface area contributed by atoms with Crippen LogP contribution in [0, 0.1) is 20.8 Å². The number of ether oxygens (including phenoxy) is 1. The molecular formula is C23H22O. The van der Waals surface area contributed by atoms with Gasteiger partial charge in [-0.05, 0) is 60.2 Å².